The molecule has 3 heteroatoms. The van der Waals surface area contributed by atoms with Gasteiger partial charge in [0, 0.05) is 20.0 Å². The number of nitrogens with zero attached hydrogens (tertiary/aromatic N) is 1. The Labute approximate surface area is 104 Å². The summed E-state index contributed by atoms with van der Waals surface area (Å²) in [6.07, 6.45) is 1.44. The topological polar surface area (TPSA) is 40.5 Å². The van der Waals surface area contributed by atoms with Gasteiger partial charge in [-0.15, -0.1) is 0 Å². The summed E-state index contributed by atoms with van der Waals surface area (Å²) in [7, 11) is 1.78. The third kappa shape index (κ3) is 5.95. The summed E-state index contributed by atoms with van der Waals surface area (Å²) in [6, 6.07) is 6.98. The van der Waals surface area contributed by atoms with Crippen molar-refractivity contribution in [2.24, 2.45) is 0 Å². The van der Waals surface area contributed by atoms with E-state index in [-0.39, 0.29) is 11.7 Å². The number of benzene rings is 1. The molecule has 0 radical (unpaired) electrons. The van der Waals surface area contributed by atoms with Crippen LogP contribution in [0.1, 0.15) is 39.2 Å². The maximum atomic E-state index is 11.5. The summed E-state index contributed by atoms with van der Waals surface area (Å²) in [5.41, 5.74) is 0.946. The molecule has 0 saturated carbocycles. The highest BCUT2D eigenvalue weighted by Gasteiger charge is 2.07. The molecule has 3 nitrogen and oxygen atoms in total. The summed E-state index contributed by atoms with van der Waals surface area (Å²) < 4.78 is 0. The molecule has 0 aliphatic heterocycles. The molecule has 1 rings (SSSR count). The Morgan fingerprint density at radius 2 is 2.00 bits per heavy atom. The smallest absolute Gasteiger partial charge is 0.222 e. The lowest BCUT2D eigenvalue weighted by Crippen LogP contribution is -2.25. The molecule has 0 heterocycles. The molecule has 1 amide bonds. The highest BCUT2D eigenvalue weighted by molar-refractivity contribution is 5.75. The van der Waals surface area contributed by atoms with Crippen molar-refractivity contribution in [3.63, 3.8) is 0 Å². The maximum absolute atomic E-state index is 11.5. The number of hydrogen-bond donors (Lipinski definition) is 1. The first-order valence-electron chi connectivity index (χ1n) is 6.15. The summed E-state index contributed by atoms with van der Waals surface area (Å²) in [4.78, 5) is 13.2. The molecule has 96 valence electrons. The highest BCUT2D eigenvalue weighted by atomic mass is 16.3. The molecule has 0 aromatic heterocycles. The number of carbonyl (C=O) groups excluding carboxylic acids is 1. The molecule has 1 aromatic carbocycles. The molecule has 0 aliphatic carbocycles. The van der Waals surface area contributed by atoms with Gasteiger partial charge < -0.3 is 10.0 Å². The van der Waals surface area contributed by atoms with Crippen LogP contribution in [-0.4, -0.2) is 23.0 Å². The molecule has 0 saturated heterocycles. The van der Waals surface area contributed by atoms with E-state index in [0.717, 1.165) is 12.0 Å². The van der Waals surface area contributed by atoms with E-state index in [1.54, 1.807) is 30.1 Å². The van der Waals surface area contributed by atoms with Crippen LogP contribution in [0.5, 0.6) is 5.75 Å². The van der Waals surface area contributed by atoms with E-state index in [2.05, 4.69) is 0 Å². The van der Waals surface area contributed by atoms with Crippen molar-refractivity contribution in [2.45, 2.75) is 40.2 Å². The van der Waals surface area contributed by atoms with Gasteiger partial charge in [0.15, 0.2) is 0 Å². The van der Waals surface area contributed by atoms with Gasteiger partial charge in [-0.3, -0.25) is 4.79 Å². The summed E-state index contributed by atoms with van der Waals surface area (Å²) in [6.45, 7) is 6.54. The van der Waals surface area contributed by atoms with E-state index in [1.807, 2.05) is 26.8 Å². The molecule has 0 bridgehead atoms. The van der Waals surface area contributed by atoms with Crippen LogP contribution in [0.4, 0.5) is 0 Å². The minimum absolute atomic E-state index is 0.140. The van der Waals surface area contributed by atoms with E-state index in [1.165, 1.54) is 0 Å². The van der Waals surface area contributed by atoms with Gasteiger partial charge in [-0.25, -0.2) is 0 Å². The van der Waals surface area contributed by atoms with Gasteiger partial charge in [0.2, 0.25) is 5.91 Å². The minimum Gasteiger partial charge on any atom is -0.508 e. The van der Waals surface area contributed by atoms with E-state index >= 15 is 0 Å². The fraction of sp³-hybridized carbons (Fsp3) is 0.500. The van der Waals surface area contributed by atoms with Crippen LogP contribution >= 0.6 is 0 Å². The Morgan fingerprint density at radius 3 is 2.53 bits per heavy atom. The second kappa shape index (κ2) is 8.62. The van der Waals surface area contributed by atoms with Crippen LogP contribution in [0.3, 0.4) is 0 Å². The number of rotatable bonds is 4. The summed E-state index contributed by atoms with van der Waals surface area (Å²) >= 11 is 0. The number of phenols is 1. The molecular formula is C14H23NO2. The van der Waals surface area contributed by atoms with Crippen LogP contribution in [0.15, 0.2) is 24.3 Å². The predicted octanol–water partition coefficient (Wildman–Crippen LogP) is 3.18. The molecule has 1 aromatic rings. The Balaban J connectivity index is 0.00000121. The van der Waals surface area contributed by atoms with Crippen molar-refractivity contribution < 1.29 is 9.90 Å². The quantitative estimate of drug-likeness (QED) is 0.873. The zero-order valence-corrected chi connectivity index (χ0v) is 11.2. The molecule has 17 heavy (non-hydrogen) atoms. The van der Waals surface area contributed by atoms with Crippen molar-refractivity contribution in [3.05, 3.63) is 29.8 Å². The van der Waals surface area contributed by atoms with Gasteiger partial charge in [0.05, 0.1) is 0 Å². The third-order valence-corrected chi connectivity index (χ3v) is 2.22. The lowest BCUT2D eigenvalue weighted by Gasteiger charge is -2.16. The summed E-state index contributed by atoms with van der Waals surface area (Å²) in [5.74, 6) is 0.379. The maximum Gasteiger partial charge on any atom is 0.222 e. The Bertz CT molecular complexity index is 337. The third-order valence-electron chi connectivity index (χ3n) is 2.22. The second-order valence-corrected chi connectivity index (χ2v) is 3.67. The van der Waals surface area contributed by atoms with Gasteiger partial charge in [-0.05, 0) is 24.1 Å². The first kappa shape index (κ1) is 15.5. The van der Waals surface area contributed by atoms with E-state index in [9.17, 15) is 9.90 Å². The van der Waals surface area contributed by atoms with Crippen LogP contribution in [0, 0.1) is 0 Å². The van der Waals surface area contributed by atoms with Crippen molar-refractivity contribution in [1.29, 1.82) is 0 Å². The predicted molar refractivity (Wildman–Crippen MR) is 70.8 cm³/mol. The van der Waals surface area contributed by atoms with Gasteiger partial charge >= 0.3 is 0 Å². The Hall–Kier alpha value is -1.51. The van der Waals surface area contributed by atoms with Crippen LogP contribution in [-0.2, 0) is 11.3 Å². The molecule has 1 N–H and O–H groups in total. The number of hydrogen-bond acceptors (Lipinski definition) is 2. The largest absolute Gasteiger partial charge is 0.508 e. The fourth-order valence-corrected chi connectivity index (χ4v) is 1.42. The van der Waals surface area contributed by atoms with E-state index in [4.69, 9.17) is 0 Å². The molecule has 0 aliphatic rings. The normalized spacial score (nSPS) is 9.18. The zero-order valence-electron chi connectivity index (χ0n) is 11.2. The average Bonchev–Trinajstić information content (AvgIpc) is 2.32. The molecule has 0 spiro atoms. The molecule has 0 atom stereocenters. The van der Waals surface area contributed by atoms with Crippen molar-refractivity contribution >= 4 is 5.91 Å². The number of carbonyl (C=O) groups is 1. The zero-order chi connectivity index (χ0) is 13.3. The van der Waals surface area contributed by atoms with Crippen LogP contribution in [0.2, 0.25) is 0 Å². The van der Waals surface area contributed by atoms with E-state index < -0.39 is 0 Å². The van der Waals surface area contributed by atoms with Gasteiger partial charge in [-0.1, -0.05) is 32.9 Å². The first-order chi connectivity index (χ1) is 8.13. The fourth-order valence-electron chi connectivity index (χ4n) is 1.42. The van der Waals surface area contributed by atoms with Crippen molar-refractivity contribution in [2.75, 3.05) is 7.05 Å². The lowest BCUT2D eigenvalue weighted by atomic mass is 10.2. The number of aromatic hydroxyl groups is 1. The number of phenolic OH excluding ortho intramolecular Hbond substituents is 1. The van der Waals surface area contributed by atoms with Gasteiger partial charge in [0.1, 0.15) is 5.75 Å². The first-order valence-corrected chi connectivity index (χ1v) is 6.15. The second-order valence-electron chi connectivity index (χ2n) is 3.67. The summed E-state index contributed by atoms with van der Waals surface area (Å²) in [5, 5.41) is 9.26. The average molecular weight is 237 g/mol. The Kier molecular flexibility index (Phi) is 7.85. The Morgan fingerprint density at radius 1 is 1.35 bits per heavy atom. The van der Waals surface area contributed by atoms with Crippen LogP contribution < -0.4 is 0 Å². The molecule has 0 unspecified atom stereocenters. The van der Waals surface area contributed by atoms with Gasteiger partial charge in [-0.2, -0.15) is 0 Å². The van der Waals surface area contributed by atoms with Crippen molar-refractivity contribution in [3.8, 4) is 5.75 Å². The number of amides is 1. The van der Waals surface area contributed by atoms with Crippen molar-refractivity contribution in [1.82, 2.24) is 4.90 Å². The SMILES string of the molecule is CC.CCCC(=O)N(C)Cc1cccc(O)c1. The van der Waals surface area contributed by atoms with Crippen LogP contribution in [0.25, 0.3) is 0 Å². The minimum atomic E-state index is 0.140. The highest BCUT2D eigenvalue weighted by Crippen LogP contribution is 2.12. The van der Waals surface area contributed by atoms with Gasteiger partial charge in [0.25, 0.3) is 0 Å². The molecular weight excluding hydrogens is 214 g/mol. The lowest BCUT2D eigenvalue weighted by molar-refractivity contribution is -0.130. The van der Waals surface area contributed by atoms with E-state index in [0.29, 0.717) is 13.0 Å². The standard InChI is InChI=1S/C12H17NO2.C2H6/c1-3-5-12(15)13(2)9-10-6-4-7-11(14)8-10;1-2/h4,6-8,14H,3,5,9H2,1-2H3;1-2H3. The molecule has 0 fully saturated rings. The monoisotopic (exact) mass is 237 g/mol.